The van der Waals surface area contributed by atoms with Crippen LogP contribution in [0.4, 0.5) is 0 Å². The van der Waals surface area contributed by atoms with Crippen LogP contribution in [0.15, 0.2) is 39.6 Å². The average molecular weight is 338 g/mol. The molecule has 5 nitrogen and oxygen atoms in total. The largest absolute Gasteiger partial charge is 0.507 e. The van der Waals surface area contributed by atoms with Gasteiger partial charge in [0.1, 0.15) is 11.3 Å². The van der Waals surface area contributed by atoms with Gasteiger partial charge in [0, 0.05) is 22.7 Å². The molecule has 1 heterocycles. The van der Waals surface area contributed by atoms with Crippen LogP contribution in [0, 0.1) is 0 Å². The first-order valence-electron chi connectivity index (χ1n) is 5.79. The highest BCUT2D eigenvalue weighted by atomic mass is 79.9. The van der Waals surface area contributed by atoms with Gasteiger partial charge in [-0.3, -0.25) is 4.79 Å². The number of nitrogens with one attached hydrogen (secondary N) is 1. The van der Waals surface area contributed by atoms with Gasteiger partial charge in [-0.05, 0) is 17.7 Å². The van der Waals surface area contributed by atoms with Gasteiger partial charge in [-0.15, -0.1) is 0 Å². The van der Waals surface area contributed by atoms with Gasteiger partial charge in [0.05, 0.1) is 7.11 Å². The molecule has 2 N–H and O–H groups in total. The molecule has 0 spiro atoms. The second kappa shape index (κ2) is 5.92. The number of carbonyl (C=O) groups is 1. The molecule has 2 rings (SSSR count). The van der Waals surface area contributed by atoms with E-state index in [2.05, 4.69) is 25.7 Å². The van der Waals surface area contributed by atoms with Crippen molar-refractivity contribution >= 4 is 21.9 Å². The number of hydrogen-bond donors (Lipinski definition) is 2. The molecule has 0 aliphatic carbocycles. The molecular formula is C14H12BrNO4. The summed E-state index contributed by atoms with van der Waals surface area (Å²) in [7, 11) is 1.22. The molecule has 0 saturated carbocycles. The number of pyridine rings is 1. The van der Waals surface area contributed by atoms with Crippen LogP contribution in [0.2, 0.25) is 0 Å². The molecule has 0 unspecified atom stereocenters. The van der Waals surface area contributed by atoms with Gasteiger partial charge < -0.3 is 14.8 Å². The zero-order valence-electron chi connectivity index (χ0n) is 10.6. The van der Waals surface area contributed by atoms with E-state index in [9.17, 15) is 14.7 Å². The van der Waals surface area contributed by atoms with Crippen molar-refractivity contribution in [2.45, 2.75) is 6.42 Å². The van der Waals surface area contributed by atoms with E-state index in [0.29, 0.717) is 12.1 Å². The van der Waals surface area contributed by atoms with E-state index in [1.54, 1.807) is 0 Å². The third-order valence-electron chi connectivity index (χ3n) is 2.78. The Morgan fingerprint density at radius 1 is 1.35 bits per heavy atom. The maximum atomic E-state index is 11.7. The van der Waals surface area contributed by atoms with E-state index < -0.39 is 11.5 Å². The second-order valence-electron chi connectivity index (χ2n) is 4.17. The van der Waals surface area contributed by atoms with Crippen molar-refractivity contribution in [3.8, 4) is 5.75 Å². The summed E-state index contributed by atoms with van der Waals surface area (Å²) in [5.74, 6) is -1.07. The lowest BCUT2D eigenvalue weighted by Crippen LogP contribution is -2.15. The predicted octanol–water partition coefficient (Wildman–Crippen LogP) is 2.22. The molecule has 0 atom stereocenters. The molecular weight excluding hydrogens is 326 g/mol. The van der Waals surface area contributed by atoms with E-state index in [0.717, 1.165) is 16.1 Å². The molecule has 0 aliphatic rings. The normalized spacial score (nSPS) is 10.3. The summed E-state index contributed by atoms with van der Waals surface area (Å²) in [5.41, 5.74) is 0.723. The van der Waals surface area contributed by atoms with Gasteiger partial charge in [-0.1, -0.05) is 28.1 Å². The van der Waals surface area contributed by atoms with Crippen LogP contribution in [-0.4, -0.2) is 23.2 Å². The first-order valence-corrected chi connectivity index (χ1v) is 6.58. The third-order valence-corrected chi connectivity index (χ3v) is 3.31. The fourth-order valence-electron chi connectivity index (χ4n) is 1.87. The molecule has 0 fully saturated rings. The van der Waals surface area contributed by atoms with Crippen molar-refractivity contribution in [2.75, 3.05) is 7.11 Å². The number of carbonyl (C=O) groups excluding carboxylic acids is 1. The highest BCUT2D eigenvalue weighted by molar-refractivity contribution is 9.10. The lowest BCUT2D eigenvalue weighted by Gasteiger charge is -2.09. The van der Waals surface area contributed by atoms with Gasteiger partial charge in [0.2, 0.25) is 0 Å². The molecule has 1 aromatic carbocycles. The number of esters is 1. The summed E-state index contributed by atoms with van der Waals surface area (Å²) >= 11 is 3.33. The summed E-state index contributed by atoms with van der Waals surface area (Å²) in [6.45, 7) is 0. The monoisotopic (exact) mass is 337 g/mol. The summed E-state index contributed by atoms with van der Waals surface area (Å²) in [5, 5.41) is 9.77. The van der Waals surface area contributed by atoms with Crippen LogP contribution in [0.1, 0.15) is 21.6 Å². The van der Waals surface area contributed by atoms with Crippen LogP contribution in [0.3, 0.4) is 0 Å². The Kier molecular flexibility index (Phi) is 4.24. The molecule has 0 aliphatic heterocycles. The Morgan fingerprint density at radius 2 is 2.00 bits per heavy atom. The van der Waals surface area contributed by atoms with Gasteiger partial charge in [0.15, 0.2) is 0 Å². The van der Waals surface area contributed by atoms with Crippen molar-refractivity contribution in [3.05, 3.63) is 62.0 Å². The minimum absolute atomic E-state index is 0.0185. The van der Waals surface area contributed by atoms with E-state index in [4.69, 9.17) is 0 Å². The molecule has 0 amide bonds. The predicted molar refractivity (Wildman–Crippen MR) is 77.0 cm³/mol. The van der Waals surface area contributed by atoms with Gasteiger partial charge >= 0.3 is 5.97 Å². The van der Waals surface area contributed by atoms with Gasteiger partial charge in [-0.2, -0.15) is 0 Å². The highest BCUT2D eigenvalue weighted by Gasteiger charge is 2.18. The van der Waals surface area contributed by atoms with Crippen LogP contribution in [0.25, 0.3) is 0 Å². The number of H-pyrrole nitrogens is 1. The first kappa shape index (κ1) is 14.3. The Labute approximate surface area is 123 Å². The lowest BCUT2D eigenvalue weighted by atomic mass is 10.0. The molecule has 0 radical (unpaired) electrons. The number of rotatable bonds is 3. The molecule has 2 aromatic rings. The number of benzene rings is 1. The van der Waals surface area contributed by atoms with Crippen LogP contribution in [-0.2, 0) is 11.2 Å². The van der Waals surface area contributed by atoms with E-state index in [1.165, 1.54) is 7.11 Å². The fourth-order valence-corrected chi connectivity index (χ4v) is 2.13. The van der Waals surface area contributed by atoms with E-state index in [-0.39, 0.29) is 11.3 Å². The maximum Gasteiger partial charge on any atom is 0.343 e. The minimum Gasteiger partial charge on any atom is -0.507 e. The quantitative estimate of drug-likeness (QED) is 0.841. The number of methoxy groups -OCH3 is 1. The highest BCUT2D eigenvalue weighted by Crippen LogP contribution is 2.21. The van der Waals surface area contributed by atoms with Crippen molar-refractivity contribution in [1.29, 1.82) is 0 Å². The summed E-state index contributed by atoms with van der Waals surface area (Å²) in [4.78, 5) is 25.7. The number of ether oxygens (including phenoxy) is 1. The SMILES string of the molecule is COC(=O)c1c(O)cc(=O)[nH]c1Cc1ccc(Br)cc1. The van der Waals surface area contributed by atoms with E-state index in [1.807, 2.05) is 24.3 Å². The maximum absolute atomic E-state index is 11.7. The molecule has 0 bridgehead atoms. The lowest BCUT2D eigenvalue weighted by molar-refractivity contribution is 0.0595. The standard InChI is InChI=1S/C14H12BrNO4/c1-20-14(19)13-10(16-12(18)7-11(13)17)6-8-2-4-9(15)5-3-8/h2-5,7H,6H2,1H3,(H2,16,17,18). The molecule has 0 saturated heterocycles. The Bertz CT molecular complexity index is 691. The van der Waals surface area contributed by atoms with Crippen molar-refractivity contribution in [2.24, 2.45) is 0 Å². The Balaban J connectivity index is 2.47. The molecule has 6 heteroatoms. The third kappa shape index (κ3) is 3.08. The molecule has 20 heavy (non-hydrogen) atoms. The molecule has 104 valence electrons. The minimum atomic E-state index is -0.689. The summed E-state index contributed by atoms with van der Waals surface area (Å²) in [6.07, 6.45) is 0.307. The smallest absolute Gasteiger partial charge is 0.343 e. The van der Waals surface area contributed by atoms with E-state index >= 15 is 0 Å². The van der Waals surface area contributed by atoms with Crippen molar-refractivity contribution < 1.29 is 14.6 Å². The molecule has 1 aromatic heterocycles. The first-order chi connectivity index (χ1) is 9.51. The number of halogens is 1. The average Bonchev–Trinajstić information content (AvgIpc) is 2.40. The zero-order valence-corrected chi connectivity index (χ0v) is 12.2. The topological polar surface area (TPSA) is 79.4 Å². The second-order valence-corrected chi connectivity index (χ2v) is 5.08. The summed E-state index contributed by atoms with van der Waals surface area (Å²) < 4.78 is 5.56. The van der Waals surface area contributed by atoms with Crippen LogP contribution >= 0.6 is 15.9 Å². The fraction of sp³-hybridized carbons (Fsp3) is 0.143. The number of hydrogen-bond acceptors (Lipinski definition) is 4. The van der Waals surface area contributed by atoms with Gasteiger partial charge in [-0.25, -0.2) is 4.79 Å². The van der Waals surface area contributed by atoms with Crippen molar-refractivity contribution in [3.63, 3.8) is 0 Å². The number of aromatic hydroxyl groups is 1. The van der Waals surface area contributed by atoms with Crippen molar-refractivity contribution in [1.82, 2.24) is 4.98 Å². The number of aromatic amines is 1. The Hall–Kier alpha value is -2.08. The summed E-state index contributed by atoms with van der Waals surface area (Å²) in [6, 6.07) is 8.38. The Morgan fingerprint density at radius 3 is 2.60 bits per heavy atom. The van der Waals surface area contributed by atoms with Crippen LogP contribution < -0.4 is 5.56 Å². The van der Waals surface area contributed by atoms with Gasteiger partial charge in [0.25, 0.3) is 5.56 Å². The number of aromatic nitrogens is 1. The zero-order chi connectivity index (χ0) is 14.7. The van der Waals surface area contributed by atoms with Crippen LogP contribution in [0.5, 0.6) is 5.75 Å².